The van der Waals surface area contributed by atoms with Crippen molar-refractivity contribution in [3.63, 3.8) is 0 Å². The predicted octanol–water partition coefficient (Wildman–Crippen LogP) is 4.55. The Kier molecular flexibility index (Phi) is 5.17. The Morgan fingerprint density at radius 2 is 1.46 bits per heavy atom. The number of benzene rings is 2. The van der Waals surface area contributed by atoms with Crippen LogP contribution in [0.15, 0.2) is 57.5 Å². The number of hydrogen-bond acceptors (Lipinski definition) is 5. The SMILES string of the molecule is O=C(Nc1nsnc1-c1ccc(Br)cc1)C(=O)c1ccc(Br)cc1. The minimum Gasteiger partial charge on any atom is -0.301 e. The number of rotatable bonds is 4. The van der Waals surface area contributed by atoms with Crippen LogP contribution in [0.5, 0.6) is 0 Å². The van der Waals surface area contributed by atoms with Gasteiger partial charge in [-0.3, -0.25) is 9.59 Å². The lowest BCUT2D eigenvalue weighted by Crippen LogP contribution is -2.23. The van der Waals surface area contributed by atoms with Gasteiger partial charge in [0.2, 0.25) is 0 Å². The molecule has 1 heterocycles. The third-order valence-corrected chi connectivity index (χ3v) is 4.74. The van der Waals surface area contributed by atoms with E-state index in [4.69, 9.17) is 0 Å². The fourth-order valence-corrected chi connectivity index (χ4v) is 3.02. The van der Waals surface area contributed by atoms with Gasteiger partial charge >= 0.3 is 0 Å². The van der Waals surface area contributed by atoms with Gasteiger partial charge in [0, 0.05) is 20.1 Å². The first-order chi connectivity index (χ1) is 11.5. The van der Waals surface area contributed by atoms with Crippen LogP contribution in [0.4, 0.5) is 5.82 Å². The summed E-state index contributed by atoms with van der Waals surface area (Å²) in [6, 6.07) is 14.0. The summed E-state index contributed by atoms with van der Waals surface area (Å²) in [6.07, 6.45) is 0. The molecule has 120 valence electrons. The van der Waals surface area contributed by atoms with Crippen LogP contribution in [-0.2, 0) is 4.79 Å². The van der Waals surface area contributed by atoms with Gasteiger partial charge in [-0.05, 0) is 36.4 Å². The molecule has 0 atom stereocenters. The molecule has 0 bridgehead atoms. The molecule has 24 heavy (non-hydrogen) atoms. The van der Waals surface area contributed by atoms with Gasteiger partial charge in [0.05, 0.1) is 11.7 Å². The van der Waals surface area contributed by atoms with Crippen molar-refractivity contribution < 1.29 is 9.59 Å². The molecule has 1 aromatic heterocycles. The largest absolute Gasteiger partial charge is 0.301 e. The van der Waals surface area contributed by atoms with E-state index in [9.17, 15) is 9.59 Å². The average molecular weight is 467 g/mol. The standard InChI is InChI=1S/C16H9Br2N3O2S/c17-11-5-1-9(2-6-11)13-15(21-24-20-13)19-16(23)14(22)10-3-7-12(18)8-4-10/h1-8H,(H,19,21,23). The molecule has 5 nitrogen and oxygen atoms in total. The van der Waals surface area contributed by atoms with Gasteiger partial charge in [0.25, 0.3) is 11.7 Å². The van der Waals surface area contributed by atoms with Gasteiger partial charge in [-0.25, -0.2) is 0 Å². The van der Waals surface area contributed by atoms with Gasteiger partial charge in [0.15, 0.2) is 5.82 Å². The molecule has 0 spiro atoms. The second kappa shape index (κ2) is 7.33. The highest BCUT2D eigenvalue weighted by Gasteiger charge is 2.20. The molecule has 3 rings (SSSR count). The van der Waals surface area contributed by atoms with Crippen molar-refractivity contribution in [3.05, 3.63) is 63.0 Å². The lowest BCUT2D eigenvalue weighted by atomic mass is 10.1. The zero-order chi connectivity index (χ0) is 17.1. The van der Waals surface area contributed by atoms with Crippen molar-refractivity contribution in [3.8, 4) is 11.3 Å². The maximum absolute atomic E-state index is 12.2. The molecule has 1 amide bonds. The quantitative estimate of drug-likeness (QED) is 0.452. The first-order valence-electron chi connectivity index (χ1n) is 6.74. The van der Waals surface area contributed by atoms with Crippen molar-refractivity contribution in [2.75, 3.05) is 5.32 Å². The average Bonchev–Trinajstić information content (AvgIpc) is 3.03. The number of ketones is 1. The van der Waals surface area contributed by atoms with Gasteiger partial charge in [-0.15, -0.1) is 0 Å². The number of amides is 1. The highest BCUT2D eigenvalue weighted by Crippen LogP contribution is 2.27. The van der Waals surface area contributed by atoms with E-state index < -0.39 is 11.7 Å². The number of nitrogens with zero attached hydrogens (tertiary/aromatic N) is 2. The summed E-state index contributed by atoms with van der Waals surface area (Å²) in [5, 5.41) is 2.54. The Labute approximate surface area is 158 Å². The van der Waals surface area contributed by atoms with E-state index in [1.165, 1.54) is 0 Å². The maximum Gasteiger partial charge on any atom is 0.298 e. The van der Waals surface area contributed by atoms with E-state index in [1.807, 2.05) is 24.3 Å². The van der Waals surface area contributed by atoms with Gasteiger partial charge in [-0.2, -0.15) is 8.75 Å². The topological polar surface area (TPSA) is 72.0 Å². The summed E-state index contributed by atoms with van der Waals surface area (Å²) < 4.78 is 10.0. The zero-order valence-corrected chi connectivity index (χ0v) is 16.0. The second-order valence-electron chi connectivity index (χ2n) is 4.76. The van der Waals surface area contributed by atoms with Gasteiger partial charge in [0.1, 0.15) is 5.69 Å². The van der Waals surface area contributed by atoms with E-state index in [-0.39, 0.29) is 5.82 Å². The Hall–Kier alpha value is -1.90. The van der Waals surface area contributed by atoms with Crippen molar-refractivity contribution in [2.45, 2.75) is 0 Å². The first kappa shape index (κ1) is 16.9. The van der Waals surface area contributed by atoms with E-state index in [2.05, 4.69) is 45.9 Å². The van der Waals surface area contributed by atoms with Crippen molar-refractivity contribution >= 4 is 61.1 Å². The predicted molar refractivity (Wildman–Crippen MR) is 100 cm³/mol. The normalized spacial score (nSPS) is 10.4. The number of nitrogens with one attached hydrogen (secondary N) is 1. The highest BCUT2D eigenvalue weighted by molar-refractivity contribution is 9.10. The Morgan fingerprint density at radius 1 is 0.875 bits per heavy atom. The van der Waals surface area contributed by atoms with Crippen LogP contribution in [0.2, 0.25) is 0 Å². The lowest BCUT2D eigenvalue weighted by Gasteiger charge is -2.04. The number of aromatic nitrogens is 2. The monoisotopic (exact) mass is 465 g/mol. The minimum atomic E-state index is -0.747. The van der Waals surface area contributed by atoms with Crippen LogP contribution in [0.3, 0.4) is 0 Å². The molecular formula is C16H9Br2N3O2S. The molecule has 2 aromatic carbocycles. The lowest BCUT2D eigenvalue weighted by molar-refractivity contribution is -0.112. The van der Waals surface area contributed by atoms with E-state index in [0.29, 0.717) is 11.3 Å². The van der Waals surface area contributed by atoms with E-state index in [0.717, 1.165) is 26.2 Å². The summed E-state index contributed by atoms with van der Waals surface area (Å²) >= 11 is 7.63. The molecule has 0 fully saturated rings. The van der Waals surface area contributed by atoms with Crippen molar-refractivity contribution in [1.29, 1.82) is 0 Å². The fraction of sp³-hybridized carbons (Fsp3) is 0. The molecule has 0 saturated carbocycles. The van der Waals surface area contributed by atoms with E-state index >= 15 is 0 Å². The van der Waals surface area contributed by atoms with Crippen molar-refractivity contribution in [1.82, 2.24) is 8.75 Å². The molecule has 0 unspecified atom stereocenters. The molecule has 0 saturated heterocycles. The molecule has 8 heteroatoms. The fourth-order valence-electron chi connectivity index (χ4n) is 1.96. The summed E-state index contributed by atoms with van der Waals surface area (Å²) in [4.78, 5) is 24.4. The summed E-state index contributed by atoms with van der Waals surface area (Å²) in [7, 11) is 0. The van der Waals surface area contributed by atoms with Crippen LogP contribution in [0, 0.1) is 0 Å². The van der Waals surface area contributed by atoms with Crippen LogP contribution in [0.25, 0.3) is 11.3 Å². The number of carbonyl (C=O) groups is 2. The number of Topliss-reactive ketones (excluding diaryl/α,β-unsaturated/α-hetero) is 1. The number of hydrogen-bond donors (Lipinski definition) is 1. The summed E-state index contributed by atoms with van der Waals surface area (Å²) in [6.45, 7) is 0. The van der Waals surface area contributed by atoms with Gasteiger partial charge in [-0.1, -0.05) is 44.0 Å². The number of halogens is 2. The van der Waals surface area contributed by atoms with Crippen LogP contribution in [-0.4, -0.2) is 20.4 Å². The van der Waals surface area contributed by atoms with E-state index in [1.54, 1.807) is 24.3 Å². The summed E-state index contributed by atoms with van der Waals surface area (Å²) in [5.74, 6) is -1.10. The molecule has 3 aromatic rings. The number of carbonyl (C=O) groups excluding carboxylic acids is 2. The molecule has 1 N–H and O–H groups in total. The molecule has 0 aliphatic heterocycles. The Morgan fingerprint density at radius 3 is 2.08 bits per heavy atom. The second-order valence-corrected chi connectivity index (χ2v) is 7.12. The van der Waals surface area contributed by atoms with Crippen molar-refractivity contribution in [2.24, 2.45) is 0 Å². The third-order valence-electron chi connectivity index (χ3n) is 3.15. The van der Waals surface area contributed by atoms with Crippen LogP contribution >= 0.6 is 43.6 Å². The minimum absolute atomic E-state index is 0.276. The molecular weight excluding hydrogens is 458 g/mol. The molecule has 0 aliphatic rings. The van der Waals surface area contributed by atoms with Crippen LogP contribution < -0.4 is 5.32 Å². The molecule has 0 radical (unpaired) electrons. The zero-order valence-electron chi connectivity index (χ0n) is 12.0. The Bertz CT molecular complexity index is 892. The molecule has 0 aliphatic carbocycles. The highest BCUT2D eigenvalue weighted by atomic mass is 79.9. The van der Waals surface area contributed by atoms with Crippen LogP contribution in [0.1, 0.15) is 10.4 Å². The smallest absolute Gasteiger partial charge is 0.298 e. The Balaban J connectivity index is 1.80. The maximum atomic E-state index is 12.2. The summed E-state index contributed by atoms with van der Waals surface area (Å²) in [5.41, 5.74) is 1.65. The first-order valence-corrected chi connectivity index (χ1v) is 9.06. The van der Waals surface area contributed by atoms with Gasteiger partial charge < -0.3 is 5.32 Å². The third kappa shape index (κ3) is 3.77. The number of anilines is 1.